The summed E-state index contributed by atoms with van der Waals surface area (Å²) in [7, 11) is -0.0942. The summed E-state index contributed by atoms with van der Waals surface area (Å²) >= 11 is 0. The van der Waals surface area contributed by atoms with Gasteiger partial charge in [-0.2, -0.15) is 0 Å². The van der Waals surface area contributed by atoms with Crippen LogP contribution < -0.4 is 5.19 Å². The van der Waals surface area contributed by atoms with Gasteiger partial charge in [-0.1, -0.05) is 30.3 Å². The third-order valence-corrected chi connectivity index (χ3v) is 2.48. The van der Waals surface area contributed by atoms with E-state index in [0.717, 1.165) is 18.0 Å². The molecule has 0 saturated heterocycles. The minimum Gasteiger partial charge on any atom is -0.428 e. The molecule has 1 nitrogen and oxygen atoms in total. The molecule has 62 valence electrons. The molecule has 1 rings (SSSR count). The number of hydrogen-bond acceptors (Lipinski definition) is 1. The summed E-state index contributed by atoms with van der Waals surface area (Å²) in [6, 6.07) is 7.98. The van der Waals surface area contributed by atoms with Crippen molar-refractivity contribution >= 4 is 14.9 Å². The minimum atomic E-state index is -0.0942. The highest BCUT2D eigenvalue weighted by molar-refractivity contribution is 6.46. The number of allylic oxidation sites excluding steroid dienone is 1. The first-order valence-electron chi connectivity index (χ1n) is 3.97. The fraction of sp³-hybridized carbons (Fsp3) is 0.200. The lowest BCUT2D eigenvalue weighted by molar-refractivity contribution is 0.615. The van der Waals surface area contributed by atoms with Gasteiger partial charge in [-0.3, -0.25) is 0 Å². The lowest BCUT2D eigenvalue weighted by Crippen LogP contribution is -2.18. The second-order valence-electron chi connectivity index (χ2n) is 2.60. The van der Waals surface area contributed by atoms with Gasteiger partial charge in [-0.15, -0.1) is 6.58 Å². The van der Waals surface area contributed by atoms with Gasteiger partial charge in [0, 0.05) is 0 Å². The molecule has 2 radical (unpaired) electrons. The van der Waals surface area contributed by atoms with Gasteiger partial charge in [-0.25, -0.2) is 0 Å². The van der Waals surface area contributed by atoms with E-state index < -0.39 is 0 Å². The van der Waals surface area contributed by atoms with Gasteiger partial charge in [0.1, 0.15) is 0 Å². The van der Waals surface area contributed by atoms with Crippen LogP contribution in [-0.2, 0) is 6.42 Å². The number of rotatable bonds is 4. The summed E-state index contributed by atoms with van der Waals surface area (Å²) in [4.78, 5) is 9.02. The molecule has 2 heteroatoms. The third-order valence-electron chi connectivity index (χ3n) is 1.76. The van der Waals surface area contributed by atoms with E-state index in [1.807, 2.05) is 24.3 Å². The fourth-order valence-electron chi connectivity index (χ4n) is 1.10. The van der Waals surface area contributed by atoms with Crippen LogP contribution in [0.5, 0.6) is 0 Å². The zero-order valence-corrected chi connectivity index (χ0v) is 7.96. The average Bonchev–Trinajstić information content (AvgIpc) is 2.15. The molecule has 12 heavy (non-hydrogen) atoms. The molecular weight excluding hydrogens is 164 g/mol. The molecule has 0 amide bonds. The highest BCUT2D eigenvalue weighted by Crippen LogP contribution is 1.99. The first-order chi connectivity index (χ1) is 5.88. The molecule has 0 atom stereocenters. The summed E-state index contributed by atoms with van der Waals surface area (Å²) in [6.45, 7) is 3.67. The Morgan fingerprint density at radius 1 is 1.42 bits per heavy atom. The standard InChI is InChI=1S/C10H12OSi/c1-2-3-6-9-7-4-5-8-10(9)12-11/h2,4-5,7-8,11H,1,3,6H2. The van der Waals surface area contributed by atoms with Crippen molar-refractivity contribution in [2.45, 2.75) is 12.8 Å². The Morgan fingerprint density at radius 2 is 2.17 bits per heavy atom. The summed E-state index contributed by atoms with van der Waals surface area (Å²) in [5.41, 5.74) is 1.23. The first-order valence-corrected chi connectivity index (χ1v) is 4.92. The Hall–Kier alpha value is -0.863. The Labute approximate surface area is 75.7 Å². The van der Waals surface area contributed by atoms with Gasteiger partial charge in [0.2, 0.25) is 0 Å². The lowest BCUT2D eigenvalue weighted by Gasteiger charge is -2.03. The van der Waals surface area contributed by atoms with Crippen molar-refractivity contribution in [3.05, 3.63) is 42.5 Å². The van der Waals surface area contributed by atoms with Crippen LogP contribution >= 0.6 is 0 Å². The molecule has 0 saturated carbocycles. The molecule has 0 aliphatic heterocycles. The van der Waals surface area contributed by atoms with Crippen LogP contribution in [0, 0.1) is 0 Å². The number of benzene rings is 1. The van der Waals surface area contributed by atoms with E-state index in [0.29, 0.717) is 0 Å². The van der Waals surface area contributed by atoms with Crippen molar-refractivity contribution in [3.63, 3.8) is 0 Å². The van der Waals surface area contributed by atoms with E-state index in [2.05, 4.69) is 12.6 Å². The van der Waals surface area contributed by atoms with Crippen molar-refractivity contribution in [2.24, 2.45) is 0 Å². The van der Waals surface area contributed by atoms with Gasteiger partial charge >= 0.3 is 0 Å². The zero-order chi connectivity index (χ0) is 8.81. The van der Waals surface area contributed by atoms with Crippen molar-refractivity contribution in [1.82, 2.24) is 0 Å². The zero-order valence-electron chi connectivity index (χ0n) is 6.96. The summed E-state index contributed by atoms with van der Waals surface area (Å²) in [5.74, 6) is 0. The van der Waals surface area contributed by atoms with Gasteiger partial charge in [0.05, 0.1) is 0 Å². The highest BCUT2D eigenvalue weighted by Gasteiger charge is 1.99. The highest BCUT2D eigenvalue weighted by atomic mass is 28.2. The topological polar surface area (TPSA) is 20.2 Å². The maximum absolute atomic E-state index is 9.02. The normalized spacial score (nSPS) is 9.75. The van der Waals surface area contributed by atoms with Gasteiger partial charge in [0.25, 0.3) is 9.76 Å². The largest absolute Gasteiger partial charge is 0.428 e. The van der Waals surface area contributed by atoms with Crippen LogP contribution in [0.2, 0.25) is 0 Å². The van der Waals surface area contributed by atoms with Crippen LogP contribution in [0.3, 0.4) is 0 Å². The Balaban J connectivity index is 2.74. The van der Waals surface area contributed by atoms with Crippen molar-refractivity contribution < 1.29 is 4.80 Å². The molecule has 0 aromatic heterocycles. The molecule has 0 unspecified atom stereocenters. The van der Waals surface area contributed by atoms with Gasteiger partial charge < -0.3 is 4.80 Å². The van der Waals surface area contributed by atoms with Crippen molar-refractivity contribution in [2.75, 3.05) is 0 Å². The van der Waals surface area contributed by atoms with E-state index in [4.69, 9.17) is 4.80 Å². The lowest BCUT2D eigenvalue weighted by atomic mass is 10.1. The smallest absolute Gasteiger partial charge is 0.265 e. The van der Waals surface area contributed by atoms with Gasteiger partial charge in [0.15, 0.2) is 0 Å². The second-order valence-corrected chi connectivity index (χ2v) is 3.36. The molecule has 1 aromatic rings. The second kappa shape index (κ2) is 4.90. The maximum atomic E-state index is 9.02. The van der Waals surface area contributed by atoms with E-state index >= 15 is 0 Å². The fourth-order valence-corrected chi connectivity index (χ4v) is 1.63. The summed E-state index contributed by atoms with van der Waals surface area (Å²) in [6.07, 6.45) is 3.85. The van der Waals surface area contributed by atoms with Crippen LogP contribution in [-0.4, -0.2) is 14.6 Å². The molecule has 0 aliphatic rings. The van der Waals surface area contributed by atoms with Crippen molar-refractivity contribution in [3.8, 4) is 0 Å². The Bertz CT molecular complexity index is 258. The van der Waals surface area contributed by atoms with Crippen LogP contribution in [0.25, 0.3) is 0 Å². The van der Waals surface area contributed by atoms with Gasteiger partial charge in [-0.05, 0) is 23.6 Å². The van der Waals surface area contributed by atoms with E-state index in [-0.39, 0.29) is 9.76 Å². The number of hydrogen-bond donors (Lipinski definition) is 1. The van der Waals surface area contributed by atoms with E-state index in [1.165, 1.54) is 5.56 Å². The van der Waals surface area contributed by atoms with Crippen LogP contribution in [0.15, 0.2) is 36.9 Å². The first kappa shape index (κ1) is 9.23. The summed E-state index contributed by atoms with van der Waals surface area (Å²) in [5, 5.41) is 1.05. The predicted octanol–water partition coefficient (Wildman–Crippen LogP) is 1.04. The van der Waals surface area contributed by atoms with Crippen LogP contribution in [0.1, 0.15) is 12.0 Å². The molecule has 0 aliphatic carbocycles. The quantitative estimate of drug-likeness (QED) is 0.537. The molecule has 0 spiro atoms. The van der Waals surface area contributed by atoms with Crippen LogP contribution in [0.4, 0.5) is 0 Å². The molecule has 0 fully saturated rings. The maximum Gasteiger partial charge on any atom is 0.265 e. The molecule has 1 aromatic carbocycles. The molecule has 0 heterocycles. The molecule has 1 N–H and O–H groups in total. The predicted molar refractivity (Wildman–Crippen MR) is 52.6 cm³/mol. The third kappa shape index (κ3) is 2.32. The number of aryl methyl sites for hydroxylation is 1. The monoisotopic (exact) mass is 176 g/mol. The Kier molecular flexibility index (Phi) is 3.77. The van der Waals surface area contributed by atoms with E-state index in [1.54, 1.807) is 0 Å². The van der Waals surface area contributed by atoms with Crippen molar-refractivity contribution in [1.29, 1.82) is 0 Å². The minimum absolute atomic E-state index is 0.0942. The SMILES string of the molecule is C=CCCc1ccccc1[Si]O. The summed E-state index contributed by atoms with van der Waals surface area (Å²) < 4.78 is 0. The Morgan fingerprint density at radius 3 is 2.83 bits per heavy atom. The average molecular weight is 176 g/mol. The molecule has 0 bridgehead atoms. The van der Waals surface area contributed by atoms with E-state index in [9.17, 15) is 0 Å². The molecular formula is C10H12OSi.